The van der Waals surface area contributed by atoms with Crippen molar-refractivity contribution in [1.82, 2.24) is 4.31 Å². The van der Waals surface area contributed by atoms with Crippen LogP contribution >= 0.6 is 11.6 Å². The maximum Gasteiger partial charge on any atom is 0.242 e. The minimum Gasteiger partial charge on any atom is -0.496 e. The second kappa shape index (κ2) is 5.92. The zero-order valence-corrected chi connectivity index (χ0v) is 13.5. The Morgan fingerprint density at radius 2 is 2.10 bits per heavy atom. The van der Waals surface area contributed by atoms with Crippen LogP contribution in [-0.4, -0.2) is 33.4 Å². The second-order valence-corrected chi connectivity index (χ2v) is 7.68. The Morgan fingerprint density at radius 1 is 1.45 bits per heavy atom. The first-order chi connectivity index (χ1) is 9.40. The van der Waals surface area contributed by atoms with Crippen molar-refractivity contribution in [3.05, 3.63) is 23.8 Å². The third-order valence-electron chi connectivity index (χ3n) is 3.87. The average Bonchev–Trinajstić information content (AvgIpc) is 3.13. The minimum atomic E-state index is -3.46. The summed E-state index contributed by atoms with van der Waals surface area (Å²) < 4.78 is 31.6. The number of hydrogen-bond acceptors (Lipinski definition) is 3. The van der Waals surface area contributed by atoms with Gasteiger partial charge in [-0.2, -0.15) is 0 Å². The summed E-state index contributed by atoms with van der Waals surface area (Å²) in [6.45, 7) is 2.72. The van der Waals surface area contributed by atoms with Gasteiger partial charge in [-0.1, -0.05) is 6.92 Å². The average molecular weight is 318 g/mol. The number of alkyl halides is 1. The van der Waals surface area contributed by atoms with Crippen molar-refractivity contribution in [1.29, 1.82) is 0 Å². The van der Waals surface area contributed by atoms with Crippen molar-refractivity contribution < 1.29 is 13.2 Å². The molecule has 1 aromatic rings. The largest absolute Gasteiger partial charge is 0.496 e. The van der Waals surface area contributed by atoms with Gasteiger partial charge in [0, 0.05) is 19.2 Å². The van der Waals surface area contributed by atoms with Gasteiger partial charge in [-0.15, -0.1) is 11.6 Å². The van der Waals surface area contributed by atoms with Gasteiger partial charge in [0.2, 0.25) is 10.0 Å². The number of nitrogens with zero attached hydrogens (tertiary/aromatic N) is 1. The molecule has 0 aromatic heterocycles. The topological polar surface area (TPSA) is 46.6 Å². The Kier molecular flexibility index (Phi) is 4.62. The van der Waals surface area contributed by atoms with Gasteiger partial charge in [-0.25, -0.2) is 12.7 Å². The molecule has 0 N–H and O–H groups in total. The molecule has 0 saturated heterocycles. The van der Waals surface area contributed by atoms with Gasteiger partial charge in [0.15, 0.2) is 0 Å². The summed E-state index contributed by atoms with van der Waals surface area (Å²) in [5, 5.41) is 0. The lowest BCUT2D eigenvalue weighted by Crippen LogP contribution is -2.29. The molecule has 0 spiro atoms. The molecule has 0 amide bonds. The lowest BCUT2D eigenvalue weighted by molar-refractivity contribution is 0.410. The molecule has 4 nitrogen and oxygen atoms in total. The first kappa shape index (κ1) is 15.6. The van der Waals surface area contributed by atoms with E-state index < -0.39 is 10.0 Å². The van der Waals surface area contributed by atoms with Crippen LogP contribution in [-0.2, 0) is 15.9 Å². The molecule has 112 valence electrons. The van der Waals surface area contributed by atoms with Gasteiger partial charge in [-0.05, 0) is 36.5 Å². The minimum absolute atomic E-state index is 0.218. The molecule has 1 aromatic carbocycles. The molecule has 0 heterocycles. The number of ether oxygens (including phenoxy) is 1. The van der Waals surface area contributed by atoms with E-state index in [1.165, 1.54) is 4.31 Å². The number of hydrogen-bond donors (Lipinski definition) is 0. The molecule has 2 atom stereocenters. The van der Waals surface area contributed by atoms with Crippen molar-refractivity contribution in [3.8, 4) is 5.75 Å². The molecule has 6 heteroatoms. The third-order valence-corrected chi connectivity index (χ3v) is 5.98. The van der Waals surface area contributed by atoms with Gasteiger partial charge in [0.1, 0.15) is 5.75 Å². The molecule has 0 radical (unpaired) electrons. The van der Waals surface area contributed by atoms with E-state index >= 15 is 0 Å². The van der Waals surface area contributed by atoms with Crippen molar-refractivity contribution in [2.24, 2.45) is 11.8 Å². The smallest absolute Gasteiger partial charge is 0.242 e. The predicted molar refractivity (Wildman–Crippen MR) is 79.6 cm³/mol. The summed E-state index contributed by atoms with van der Waals surface area (Å²) in [7, 11) is -0.284. The predicted octanol–water partition coefficient (Wildman–Crippen LogP) is 2.71. The van der Waals surface area contributed by atoms with Crippen LogP contribution in [0.3, 0.4) is 0 Å². The molecule has 1 saturated carbocycles. The number of sulfonamides is 1. The highest BCUT2D eigenvalue weighted by atomic mass is 35.5. The fraction of sp³-hybridized carbons (Fsp3) is 0.571. The van der Waals surface area contributed by atoms with Crippen LogP contribution in [0, 0.1) is 11.8 Å². The summed E-state index contributed by atoms with van der Waals surface area (Å²) in [6.07, 6.45) is 1.11. The molecular formula is C14H20ClNO3S. The number of methoxy groups -OCH3 is 1. The Morgan fingerprint density at radius 3 is 2.60 bits per heavy atom. The molecule has 1 aliphatic rings. The summed E-state index contributed by atoms with van der Waals surface area (Å²) in [5.41, 5.74) is 0.684. The molecule has 1 aliphatic carbocycles. The fourth-order valence-corrected chi connectivity index (χ4v) is 3.77. The highest BCUT2D eigenvalue weighted by molar-refractivity contribution is 7.89. The molecule has 0 aliphatic heterocycles. The normalized spacial score (nSPS) is 22.1. The molecule has 0 bridgehead atoms. The van der Waals surface area contributed by atoms with Crippen LogP contribution in [0.2, 0.25) is 0 Å². The van der Waals surface area contributed by atoms with Crippen molar-refractivity contribution in [2.45, 2.75) is 24.1 Å². The Hall–Kier alpha value is -0.780. The molecule has 2 rings (SSSR count). The number of benzene rings is 1. The first-order valence-electron chi connectivity index (χ1n) is 6.59. The summed E-state index contributed by atoms with van der Waals surface area (Å²) in [6, 6.07) is 4.81. The molecule has 1 fully saturated rings. The Balaban J connectivity index is 2.24. The SMILES string of the molecule is COc1ccc(S(=O)(=O)N(C)CC2CC2C)cc1CCl. The third kappa shape index (κ3) is 3.10. The summed E-state index contributed by atoms with van der Waals surface area (Å²) in [5.74, 6) is 1.94. The summed E-state index contributed by atoms with van der Waals surface area (Å²) >= 11 is 5.84. The quantitative estimate of drug-likeness (QED) is 0.758. The first-order valence-corrected chi connectivity index (χ1v) is 8.56. The van der Waals surface area contributed by atoms with E-state index in [9.17, 15) is 8.42 Å². The lowest BCUT2D eigenvalue weighted by Gasteiger charge is -2.18. The highest BCUT2D eigenvalue weighted by Crippen LogP contribution is 2.38. The zero-order chi connectivity index (χ0) is 14.9. The van der Waals surface area contributed by atoms with E-state index in [0.717, 1.165) is 6.42 Å². The standard InChI is InChI=1S/C14H20ClNO3S/c1-10-6-12(10)9-16(2)20(17,18)13-4-5-14(19-3)11(7-13)8-15/h4-5,7,10,12H,6,8-9H2,1-3H3. The molecule has 20 heavy (non-hydrogen) atoms. The van der Waals surface area contributed by atoms with E-state index in [2.05, 4.69) is 6.92 Å². The molecule has 2 unspecified atom stereocenters. The van der Waals surface area contributed by atoms with Crippen molar-refractivity contribution in [3.63, 3.8) is 0 Å². The van der Waals surface area contributed by atoms with Crippen LogP contribution in [0.4, 0.5) is 0 Å². The van der Waals surface area contributed by atoms with Crippen LogP contribution in [0.25, 0.3) is 0 Å². The Labute approximate surface area is 125 Å². The van der Waals surface area contributed by atoms with E-state index in [0.29, 0.717) is 29.7 Å². The van der Waals surface area contributed by atoms with Crippen LogP contribution in [0.5, 0.6) is 5.75 Å². The van der Waals surface area contributed by atoms with Crippen molar-refractivity contribution >= 4 is 21.6 Å². The summed E-state index contributed by atoms with van der Waals surface area (Å²) in [4.78, 5) is 0.268. The van der Waals surface area contributed by atoms with Gasteiger partial charge in [0.05, 0.1) is 17.9 Å². The number of halogens is 1. The second-order valence-electron chi connectivity index (χ2n) is 5.37. The monoisotopic (exact) mass is 317 g/mol. The van der Waals surface area contributed by atoms with Crippen LogP contribution in [0.1, 0.15) is 18.9 Å². The van der Waals surface area contributed by atoms with E-state index in [1.54, 1.807) is 32.4 Å². The maximum absolute atomic E-state index is 12.5. The van der Waals surface area contributed by atoms with Crippen LogP contribution in [0.15, 0.2) is 23.1 Å². The lowest BCUT2D eigenvalue weighted by atomic mass is 10.2. The highest BCUT2D eigenvalue weighted by Gasteiger charge is 2.36. The van der Waals surface area contributed by atoms with Crippen LogP contribution < -0.4 is 4.74 Å². The molecular weight excluding hydrogens is 298 g/mol. The Bertz CT molecular complexity index is 588. The van der Waals surface area contributed by atoms with Crippen molar-refractivity contribution in [2.75, 3.05) is 20.7 Å². The maximum atomic E-state index is 12.5. The van der Waals surface area contributed by atoms with E-state index in [1.807, 2.05) is 0 Å². The zero-order valence-electron chi connectivity index (χ0n) is 12.0. The fourth-order valence-electron chi connectivity index (χ4n) is 2.28. The van der Waals surface area contributed by atoms with Gasteiger partial charge in [0.25, 0.3) is 0 Å². The van der Waals surface area contributed by atoms with Gasteiger partial charge >= 0.3 is 0 Å². The van der Waals surface area contributed by atoms with Gasteiger partial charge < -0.3 is 4.74 Å². The number of rotatable bonds is 6. The van der Waals surface area contributed by atoms with E-state index in [-0.39, 0.29) is 10.8 Å². The van der Waals surface area contributed by atoms with Gasteiger partial charge in [-0.3, -0.25) is 0 Å². The van der Waals surface area contributed by atoms with E-state index in [4.69, 9.17) is 16.3 Å².